The summed E-state index contributed by atoms with van der Waals surface area (Å²) < 4.78 is 0. The van der Waals surface area contributed by atoms with Gasteiger partial charge in [-0.15, -0.1) is 11.8 Å². The lowest BCUT2D eigenvalue weighted by Crippen LogP contribution is -2.03. The van der Waals surface area contributed by atoms with Gasteiger partial charge in [-0.25, -0.2) is 4.98 Å². The van der Waals surface area contributed by atoms with Crippen LogP contribution >= 0.6 is 11.8 Å². The highest BCUT2D eigenvalue weighted by Crippen LogP contribution is 2.33. The van der Waals surface area contributed by atoms with E-state index < -0.39 is 0 Å². The molecule has 0 aliphatic heterocycles. The Kier molecular flexibility index (Phi) is 4.47. The van der Waals surface area contributed by atoms with Crippen molar-refractivity contribution in [1.82, 2.24) is 4.98 Å². The van der Waals surface area contributed by atoms with Crippen molar-refractivity contribution >= 4 is 17.4 Å². The molecule has 0 bridgehead atoms. The normalized spacial score (nSPS) is 9.90. The van der Waals surface area contributed by atoms with Crippen LogP contribution in [0.5, 0.6) is 0 Å². The lowest BCUT2D eigenvalue weighted by atomic mass is 10.0. The summed E-state index contributed by atoms with van der Waals surface area (Å²) >= 11 is 1.45. The minimum absolute atomic E-state index is 0.210. The second-order valence-corrected chi connectivity index (χ2v) is 5.70. The van der Waals surface area contributed by atoms with Gasteiger partial charge < -0.3 is 5.73 Å². The Hall–Kier alpha value is -2.50. The molecule has 1 aromatic heterocycles. The largest absolute Gasteiger partial charge is 0.396 e. The van der Waals surface area contributed by atoms with Crippen LogP contribution in [0.4, 0.5) is 5.69 Å². The Labute approximate surface area is 128 Å². The Morgan fingerprint density at radius 2 is 1.76 bits per heavy atom. The highest BCUT2D eigenvalue weighted by molar-refractivity contribution is 7.99. The smallest absolute Gasteiger partial charge is 0.117 e. The van der Waals surface area contributed by atoms with Gasteiger partial charge in [0.1, 0.15) is 28.3 Å². The van der Waals surface area contributed by atoms with Crippen LogP contribution in [0.25, 0.3) is 11.3 Å². The molecule has 0 saturated heterocycles. The van der Waals surface area contributed by atoms with Gasteiger partial charge in [0.2, 0.25) is 0 Å². The highest BCUT2D eigenvalue weighted by atomic mass is 32.2. The average molecular weight is 294 g/mol. The van der Waals surface area contributed by atoms with E-state index in [0.717, 1.165) is 16.9 Å². The maximum absolute atomic E-state index is 9.37. The molecule has 0 unspecified atom stereocenters. The topological polar surface area (TPSA) is 86.5 Å². The Bertz CT molecular complexity index is 752. The summed E-state index contributed by atoms with van der Waals surface area (Å²) in [6.45, 7) is 3.97. The van der Waals surface area contributed by atoms with Gasteiger partial charge in [0.15, 0.2) is 0 Å². The van der Waals surface area contributed by atoms with Gasteiger partial charge in [0, 0.05) is 5.56 Å². The number of hydrogen-bond acceptors (Lipinski definition) is 5. The van der Waals surface area contributed by atoms with E-state index in [1.54, 1.807) is 0 Å². The summed E-state index contributed by atoms with van der Waals surface area (Å²) in [5, 5.41) is 19.2. The fraction of sp³-hybridized carbons (Fsp3) is 0.188. The summed E-state index contributed by atoms with van der Waals surface area (Å²) in [5.74, 6) is 0.778. The summed E-state index contributed by atoms with van der Waals surface area (Å²) in [6, 6.07) is 11.9. The van der Waals surface area contributed by atoms with E-state index >= 15 is 0 Å². The molecule has 2 aromatic rings. The zero-order valence-electron chi connectivity index (χ0n) is 11.8. The molecule has 0 spiro atoms. The Balaban J connectivity index is 2.74. The first-order chi connectivity index (χ1) is 10.1. The van der Waals surface area contributed by atoms with Gasteiger partial charge in [0.25, 0.3) is 0 Å². The average Bonchev–Trinajstić information content (AvgIpc) is 2.48. The maximum Gasteiger partial charge on any atom is 0.117 e. The SMILES string of the molecule is CCSc1nc(-c2ccc(C)cc2)c(C#N)c(N)c1C#N. The Morgan fingerprint density at radius 3 is 2.29 bits per heavy atom. The molecule has 0 saturated carbocycles. The molecule has 0 fully saturated rings. The summed E-state index contributed by atoms with van der Waals surface area (Å²) in [5.41, 5.74) is 9.25. The molecule has 0 aliphatic carbocycles. The molecule has 104 valence electrons. The second-order valence-electron chi connectivity index (χ2n) is 4.45. The first-order valence-electron chi connectivity index (χ1n) is 6.45. The third-order valence-corrected chi connectivity index (χ3v) is 3.89. The first-order valence-corrected chi connectivity index (χ1v) is 7.44. The minimum atomic E-state index is 0.210. The van der Waals surface area contributed by atoms with Crippen LogP contribution in [0.2, 0.25) is 0 Å². The van der Waals surface area contributed by atoms with E-state index in [4.69, 9.17) is 5.73 Å². The standard InChI is InChI=1S/C16H14N4S/c1-3-21-16-13(9-18)14(19)12(8-17)15(20-16)11-6-4-10(2)5-7-11/h4-7H,3H2,1-2H3,(H2,19,20). The van der Waals surface area contributed by atoms with Crippen LogP contribution in [0, 0.1) is 29.6 Å². The van der Waals surface area contributed by atoms with Gasteiger partial charge >= 0.3 is 0 Å². The predicted octanol–water partition coefficient (Wildman–Crippen LogP) is 3.49. The van der Waals surface area contributed by atoms with Crippen LogP contribution in [0.3, 0.4) is 0 Å². The molecule has 1 heterocycles. The van der Waals surface area contributed by atoms with Crippen molar-refractivity contribution in [1.29, 1.82) is 10.5 Å². The van der Waals surface area contributed by atoms with Crippen molar-refractivity contribution in [3.05, 3.63) is 41.0 Å². The van der Waals surface area contributed by atoms with E-state index in [2.05, 4.69) is 17.1 Å². The van der Waals surface area contributed by atoms with Crippen molar-refractivity contribution in [3.8, 4) is 23.4 Å². The van der Waals surface area contributed by atoms with E-state index in [9.17, 15) is 10.5 Å². The quantitative estimate of drug-likeness (QED) is 0.875. The summed E-state index contributed by atoms with van der Waals surface area (Å²) in [6.07, 6.45) is 0. The van der Waals surface area contributed by atoms with Crippen molar-refractivity contribution in [2.75, 3.05) is 11.5 Å². The number of benzene rings is 1. The van der Waals surface area contributed by atoms with Crippen LogP contribution in [0.15, 0.2) is 29.3 Å². The summed E-state index contributed by atoms with van der Waals surface area (Å²) in [4.78, 5) is 4.50. The van der Waals surface area contributed by atoms with Crippen molar-refractivity contribution in [2.45, 2.75) is 18.9 Å². The Morgan fingerprint density at radius 1 is 1.14 bits per heavy atom. The number of hydrogen-bond donors (Lipinski definition) is 1. The van der Waals surface area contributed by atoms with E-state index in [-0.39, 0.29) is 16.8 Å². The number of anilines is 1. The van der Waals surface area contributed by atoms with E-state index in [1.807, 2.05) is 38.1 Å². The van der Waals surface area contributed by atoms with Crippen LogP contribution in [-0.4, -0.2) is 10.7 Å². The highest BCUT2D eigenvalue weighted by Gasteiger charge is 2.18. The van der Waals surface area contributed by atoms with Crippen molar-refractivity contribution in [3.63, 3.8) is 0 Å². The fourth-order valence-corrected chi connectivity index (χ4v) is 2.69. The number of nitrogens with zero attached hydrogens (tertiary/aromatic N) is 3. The number of rotatable bonds is 3. The molecule has 2 N–H and O–H groups in total. The zero-order valence-corrected chi connectivity index (χ0v) is 12.7. The second kappa shape index (κ2) is 6.30. The molecular weight excluding hydrogens is 280 g/mol. The number of pyridine rings is 1. The summed E-state index contributed by atoms with van der Waals surface area (Å²) in [7, 11) is 0. The predicted molar refractivity (Wildman–Crippen MR) is 84.7 cm³/mol. The molecule has 4 nitrogen and oxygen atoms in total. The molecule has 5 heteroatoms. The van der Waals surface area contributed by atoms with E-state index in [1.165, 1.54) is 11.8 Å². The van der Waals surface area contributed by atoms with Crippen molar-refractivity contribution in [2.24, 2.45) is 0 Å². The first kappa shape index (κ1) is 14.9. The number of aryl methyl sites for hydroxylation is 1. The minimum Gasteiger partial charge on any atom is -0.396 e. The van der Waals surface area contributed by atoms with Crippen LogP contribution in [-0.2, 0) is 0 Å². The molecule has 21 heavy (non-hydrogen) atoms. The number of nitriles is 2. The number of nitrogen functional groups attached to an aromatic ring is 1. The van der Waals surface area contributed by atoms with Gasteiger partial charge in [-0.2, -0.15) is 10.5 Å². The van der Waals surface area contributed by atoms with Crippen molar-refractivity contribution < 1.29 is 0 Å². The van der Waals surface area contributed by atoms with Gasteiger partial charge in [-0.05, 0) is 12.7 Å². The lowest BCUT2D eigenvalue weighted by Gasteiger charge is -2.11. The number of thioether (sulfide) groups is 1. The van der Waals surface area contributed by atoms with Crippen LogP contribution in [0.1, 0.15) is 23.6 Å². The molecule has 2 rings (SSSR count). The molecule has 0 amide bonds. The monoisotopic (exact) mass is 294 g/mol. The van der Waals surface area contributed by atoms with E-state index in [0.29, 0.717) is 10.7 Å². The molecular formula is C16H14N4S. The van der Waals surface area contributed by atoms with Gasteiger partial charge in [0.05, 0.1) is 11.4 Å². The van der Waals surface area contributed by atoms with Gasteiger partial charge in [-0.1, -0.05) is 36.8 Å². The molecule has 0 aliphatic rings. The zero-order chi connectivity index (χ0) is 15.4. The molecule has 1 aromatic carbocycles. The molecule has 0 atom stereocenters. The molecule has 0 radical (unpaired) electrons. The lowest BCUT2D eigenvalue weighted by molar-refractivity contribution is 1.11. The van der Waals surface area contributed by atoms with Crippen LogP contribution < -0.4 is 5.73 Å². The number of nitrogens with two attached hydrogens (primary N) is 1. The third kappa shape index (κ3) is 2.84. The van der Waals surface area contributed by atoms with Gasteiger partial charge in [-0.3, -0.25) is 0 Å². The fourth-order valence-electron chi connectivity index (χ4n) is 1.96. The maximum atomic E-state index is 9.37. The number of aromatic nitrogens is 1. The third-order valence-electron chi connectivity index (χ3n) is 3.03.